The van der Waals surface area contributed by atoms with Crippen molar-refractivity contribution in [3.63, 3.8) is 0 Å². The maximum Gasteiger partial charge on any atom is 0.342 e. The molecule has 0 saturated carbocycles. The van der Waals surface area contributed by atoms with Gasteiger partial charge in [-0.25, -0.2) is 4.98 Å². The molecule has 108 valence electrons. The number of hydrogen-bond acceptors (Lipinski definition) is 5. The van der Waals surface area contributed by atoms with Crippen LogP contribution >= 0.6 is 0 Å². The number of nitrogens with one attached hydrogen (secondary N) is 1. The Hall–Kier alpha value is -2.47. The van der Waals surface area contributed by atoms with Gasteiger partial charge in [-0.15, -0.1) is 5.10 Å². The van der Waals surface area contributed by atoms with Gasteiger partial charge in [0.15, 0.2) is 0 Å². The van der Waals surface area contributed by atoms with Crippen LogP contribution in [-0.4, -0.2) is 26.3 Å². The van der Waals surface area contributed by atoms with Gasteiger partial charge in [0.1, 0.15) is 6.33 Å². The third kappa shape index (κ3) is 3.00. The van der Waals surface area contributed by atoms with Gasteiger partial charge in [0, 0.05) is 19.0 Å². The number of benzene rings is 1. The van der Waals surface area contributed by atoms with E-state index in [-0.39, 0.29) is 0 Å². The van der Waals surface area contributed by atoms with Crippen LogP contribution in [0.15, 0.2) is 36.7 Å². The number of rotatable bonds is 5. The predicted octanol–water partition coefficient (Wildman–Crippen LogP) is 2.27. The zero-order valence-electron chi connectivity index (χ0n) is 12.1. The first-order valence-electron chi connectivity index (χ1n) is 6.89. The Morgan fingerprint density at radius 1 is 1.29 bits per heavy atom. The topological polar surface area (TPSA) is 64.9 Å². The lowest BCUT2D eigenvalue weighted by Gasteiger charge is -2.08. The second-order valence-electron chi connectivity index (χ2n) is 4.72. The number of aryl methyl sites for hydroxylation is 1. The molecule has 6 heteroatoms. The summed E-state index contributed by atoms with van der Waals surface area (Å²) < 4.78 is 7.35. The van der Waals surface area contributed by atoms with Crippen molar-refractivity contribution < 1.29 is 4.74 Å². The Bertz CT molecular complexity index is 753. The first kappa shape index (κ1) is 13.5. The molecular formula is C15H17N5O. The fourth-order valence-electron chi connectivity index (χ4n) is 2.09. The molecule has 0 aliphatic carbocycles. The molecule has 3 aromatic rings. The monoisotopic (exact) mass is 283 g/mol. The Morgan fingerprint density at radius 3 is 2.90 bits per heavy atom. The molecule has 1 N–H and O–H groups in total. The molecule has 0 bridgehead atoms. The van der Waals surface area contributed by atoms with E-state index in [2.05, 4.69) is 33.4 Å². The lowest BCUT2D eigenvalue weighted by molar-refractivity contribution is 0.425. The number of pyridine rings is 1. The molecule has 0 spiro atoms. The second-order valence-corrected chi connectivity index (χ2v) is 4.72. The maximum absolute atomic E-state index is 5.75. The smallest absolute Gasteiger partial charge is 0.342 e. The van der Waals surface area contributed by atoms with Crippen molar-refractivity contribution in [2.75, 3.05) is 6.54 Å². The van der Waals surface area contributed by atoms with Gasteiger partial charge in [-0.1, -0.05) is 25.1 Å². The van der Waals surface area contributed by atoms with Crippen LogP contribution in [0.1, 0.15) is 12.6 Å². The van der Waals surface area contributed by atoms with E-state index in [0.29, 0.717) is 18.4 Å². The summed E-state index contributed by atoms with van der Waals surface area (Å²) in [6.45, 7) is 3.66. The molecule has 0 fully saturated rings. The van der Waals surface area contributed by atoms with Crippen LogP contribution < -0.4 is 10.1 Å². The van der Waals surface area contributed by atoms with Crippen LogP contribution in [0.3, 0.4) is 0 Å². The molecule has 1 aromatic carbocycles. The van der Waals surface area contributed by atoms with Crippen LogP contribution in [0, 0.1) is 0 Å². The van der Waals surface area contributed by atoms with Gasteiger partial charge in [-0.05, 0) is 24.1 Å². The van der Waals surface area contributed by atoms with E-state index in [1.807, 2.05) is 24.3 Å². The van der Waals surface area contributed by atoms with E-state index in [4.69, 9.17) is 4.74 Å². The average Bonchev–Trinajstić information content (AvgIpc) is 2.90. The largest absolute Gasteiger partial charge is 0.403 e. The predicted molar refractivity (Wildman–Crippen MR) is 80.2 cm³/mol. The molecule has 0 radical (unpaired) electrons. The molecule has 0 saturated heterocycles. The van der Waals surface area contributed by atoms with Crippen molar-refractivity contribution in [3.8, 4) is 11.9 Å². The minimum atomic E-state index is 0.302. The van der Waals surface area contributed by atoms with Crippen molar-refractivity contribution in [1.29, 1.82) is 0 Å². The average molecular weight is 283 g/mol. The highest BCUT2D eigenvalue weighted by Crippen LogP contribution is 2.27. The minimum absolute atomic E-state index is 0.302. The fourth-order valence-corrected chi connectivity index (χ4v) is 2.09. The van der Waals surface area contributed by atoms with Gasteiger partial charge in [0.25, 0.3) is 0 Å². The van der Waals surface area contributed by atoms with Crippen LogP contribution in [0.4, 0.5) is 0 Å². The summed E-state index contributed by atoms with van der Waals surface area (Å²) in [6.07, 6.45) is 1.60. The molecule has 6 nitrogen and oxygen atoms in total. The maximum atomic E-state index is 5.75. The molecule has 0 unspecified atom stereocenters. The fraction of sp³-hybridized carbons (Fsp3) is 0.267. The lowest BCUT2D eigenvalue weighted by atomic mass is 10.1. The van der Waals surface area contributed by atoms with Gasteiger partial charge >= 0.3 is 6.01 Å². The number of fused-ring (bicyclic) bond motifs is 1. The van der Waals surface area contributed by atoms with Crippen molar-refractivity contribution >= 4 is 10.8 Å². The molecular weight excluding hydrogens is 266 g/mol. The zero-order valence-corrected chi connectivity index (χ0v) is 12.1. The van der Waals surface area contributed by atoms with Gasteiger partial charge in [0.05, 0.1) is 5.69 Å². The summed E-state index contributed by atoms with van der Waals surface area (Å²) >= 11 is 0. The third-order valence-corrected chi connectivity index (χ3v) is 3.08. The molecule has 0 amide bonds. The quantitative estimate of drug-likeness (QED) is 0.778. The first-order valence-corrected chi connectivity index (χ1v) is 6.89. The van der Waals surface area contributed by atoms with E-state index in [1.165, 1.54) is 0 Å². The summed E-state index contributed by atoms with van der Waals surface area (Å²) in [4.78, 5) is 8.65. The Kier molecular flexibility index (Phi) is 3.79. The lowest BCUT2D eigenvalue weighted by Crippen LogP contribution is -2.13. The zero-order chi connectivity index (χ0) is 14.7. The van der Waals surface area contributed by atoms with Crippen molar-refractivity contribution in [1.82, 2.24) is 25.1 Å². The summed E-state index contributed by atoms with van der Waals surface area (Å²) in [5.74, 6) is 0.534. The van der Waals surface area contributed by atoms with Gasteiger partial charge in [-0.2, -0.15) is 4.98 Å². The Balaban J connectivity index is 2.01. The highest BCUT2D eigenvalue weighted by molar-refractivity contribution is 5.87. The van der Waals surface area contributed by atoms with E-state index < -0.39 is 0 Å². The van der Waals surface area contributed by atoms with E-state index in [0.717, 1.165) is 23.0 Å². The normalized spacial score (nSPS) is 11.0. The SMILES string of the molecule is CCNCc1cc2ccccc2c(Oc2ncn(C)n2)n1. The molecule has 3 rings (SSSR count). The summed E-state index contributed by atoms with van der Waals surface area (Å²) in [6, 6.07) is 10.4. The van der Waals surface area contributed by atoms with Gasteiger partial charge < -0.3 is 10.1 Å². The van der Waals surface area contributed by atoms with Crippen LogP contribution in [0.2, 0.25) is 0 Å². The van der Waals surface area contributed by atoms with Crippen molar-refractivity contribution in [2.45, 2.75) is 13.5 Å². The Labute approximate surface area is 122 Å². The summed E-state index contributed by atoms with van der Waals surface area (Å²) in [5, 5.41) is 9.44. The number of nitrogens with zero attached hydrogens (tertiary/aromatic N) is 4. The number of ether oxygens (including phenoxy) is 1. The highest BCUT2D eigenvalue weighted by atomic mass is 16.5. The standard InChI is InChI=1S/C15H17N5O/c1-3-16-9-12-8-11-6-4-5-7-13(11)14(18-12)21-15-17-10-20(2)19-15/h4-8,10,16H,3,9H2,1-2H3. The highest BCUT2D eigenvalue weighted by Gasteiger charge is 2.10. The van der Waals surface area contributed by atoms with Gasteiger partial charge in [-0.3, -0.25) is 4.68 Å². The Morgan fingerprint density at radius 2 is 2.14 bits per heavy atom. The molecule has 0 aliphatic rings. The number of hydrogen-bond donors (Lipinski definition) is 1. The molecule has 0 aliphatic heterocycles. The summed E-state index contributed by atoms with van der Waals surface area (Å²) in [7, 11) is 1.80. The number of aromatic nitrogens is 4. The van der Waals surface area contributed by atoms with E-state index in [9.17, 15) is 0 Å². The second kappa shape index (κ2) is 5.88. The molecule has 0 atom stereocenters. The molecule has 2 aromatic heterocycles. The summed E-state index contributed by atoms with van der Waals surface area (Å²) in [5.41, 5.74) is 0.932. The van der Waals surface area contributed by atoms with Crippen molar-refractivity contribution in [3.05, 3.63) is 42.4 Å². The molecule has 2 heterocycles. The molecule has 21 heavy (non-hydrogen) atoms. The third-order valence-electron chi connectivity index (χ3n) is 3.08. The first-order chi connectivity index (χ1) is 10.3. The van der Waals surface area contributed by atoms with Crippen molar-refractivity contribution in [2.24, 2.45) is 7.05 Å². The van der Waals surface area contributed by atoms with Crippen LogP contribution in [0.5, 0.6) is 11.9 Å². The van der Waals surface area contributed by atoms with Crippen LogP contribution in [-0.2, 0) is 13.6 Å². The van der Waals surface area contributed by atoms with Crippen LogP contribution in [0.25, 0.3) is 10.8 Å². The van der Waals surface area contributed by atoms with E-state index in [1.54, 1.807) is 18.1 Å². The minimum Gasteiger partial charge on any atom is -0.403 e. The van der Waals surface area contributed by atoms with Gasteiger partial charge in [0.2, 0.25) is 5.88 Å². The van der Waals surface area contributed by atoms with E-state index >= 15 is 0 Å².